The number of hydrogen-bond donors (Lipinski definition) is 1. The molecule has 1 aliphatic heterocycles. The number of halogens is 1. The Morgan fingerprint density at radius 1 is 1.45 bits per heavy atom. The number of benzene rings is 1. The van der Waals surface area contributed by atoms with E-state index in [9.17, 15) is 8.42 Å². The summed E-state index contributed by atoms with van der Waals surface area (Å²) < 4.78 is 38.2. The largest absolute Gasteiger partial charge is 0.496 e. The van der Waals surface area contributed by atoms with E-state index in [0.29, 0.717) is 23.4 Å². The predicted octanol–water partition coefficient (Wildman–Crippen LogP) is 2.31. The maximum Gasteiger partial charge on any atom is 0.240 e. The molecule has 1 atom stereocenters. The van der Waals surface area contributed by atoms with Crippen LogP contribution in [0.5, 0.6) is 5.75 Å². The normalized spacial score (nSPS) is 19.8. The number of ether oxygens (including phenoxy) is 2. The molecule has 1 aliphatic rings. The quantitative estimate of drug-likeness (QED) is 0.871. The van der Waals surface area contributed by atoms with Crippen LogP contribution in [0.1, 0.15) is 19.3 Å². The molecule has 1 N–H and O–H groups in total. The van der Waals surface area contributed by atoms with Crippen LogP contribution in [0.15, 0.2) is 27.6 Å². The monoisotopic (exact) mass is 363 g/mol. The zero-order chi connectivity index (χ0) is 14.6. The number of rotatable bonds is 5. The lowest BCUT2D eigenvalue weighted by molar-refractivity contribution is 0.0200. The summed E-state index contributed by atoms with van der Waals surface area (Å²) in [6, 6.07) is 4.67. The Labute approximate surface area is 127 Å². The van der Waals surface area contributed by atoms with Gasteiger partial charge in [-0.25, -0.2) is 13.1 Å². The summed E-state index contributed by atoms with van der Waals surface area (Å²) in [4.78, 5) is 0.209. The molecule has 0 saturated carbocycles. The van der Waals surface area contributed by atoms with Crippen LogP contribution in [-0.2, 0) is 14.8 Å². The first-order valence-corrected chi connectivity index (χ1v) is 8.75. The van der Waals surface area contributed by atoms with Crippen molar-refractivity contribution in [2.45, 2.75) is 30.3 Å². The first-order chi connectivity index (χ1) is 9.53. The van der Waals surface area contributed by atoms with Gasteiger partial charge in [-0.05, 0) is 53.4 Å². The standard InChI is InChI=1S/C13H18BrNO4S/c1-18-13-6-5-11(8-12(13)14)20(16,17)15-9-10-4-2-3-7-19-10/h5-6,8,10,15H,2-4,7,9H2,1H3. The van der Waals surface area contributed by atoms with Crippen LogP contribution in [0, 0.1) is 0 Å². The molecular weight excluding hydrogens is 346 g/mol. The average molecular weight is 364 g/mol. The second-order valence-corrected chi connectivity index (χ2v) is 7.26. The molecule has 112 valence electrons. The zero-order valence-electron chi connectivity index (χ0n) is 11.3. The maximum atomic E-state index is 12.2. The third kappa shape index (κ3) is 3.94. The molecule has 0 bridgehead atoms. The van der Waals surface area contributed by atoms with Crippen LogP contribution >= 0.6 is 15.9 Å². The third-order valence-corrected chi connectivity index (χ3v) is 5.25. The van der Waals surface area contributed by atoms with Crippen molar-refractivity contribution in [2.24, 2.45) is 0 Å². The van der Waals surface area contributed by atoms with Crippen LogP contribution in [-0.4, -0.2) is 34.8 Å². The average Bonchev–Trinajstić information content (AvgIpc) is 2.46. The van der Waals surface area contributed by atoms with Crippen molar-refractivity contribution in [3.8, 4) is 5.75 Å². The Bertz CT molecular complexity index is 555. The van der Waals surface area contributed by atoms with Crippen molar-refractivity contribution < 1.29 is 17.9 Å². The van der Waals surface area contributed by atoms with Gasteiger partial charge in [0.05, 0.1) is 22.6 Å². The summed E-state index contributed by atoms with van der Waals surface area (Å²) in [5, 5.41) is 0. The fourth-order valence-corrected chi connectivity index (χ4v) is 3.85. The highest BCUT2D eigenvalue weighted by Gasteiger charge is 2.20. The molecule has 0 radical (unpaired) electrons. The van der Waals surface area contributed by atoms with E-state index >= 15 is 0 Å². The van der Waals surface area contributed by atoms with E-state index in [1.165, 1.54) is 19.2 Å². The predicted molar refractivity (Wildman–Crippen MR) is 79.5 cm³/mol. The van der Waals surface area contributed by atoms with Crippen LogP contribution in [0.25, 0.3) is 0 Å². The highest BCUT2D eigenvalue weighted by atomic mass is 79.9. The highest BCUT2D eigenvalue weighted by molar-refractivity contribution is 9.10. The molecule has 0 spiro atoms. The van der Waals surface area contributed by atoms with E-state index < -0.39 is 10.0 Å². The van der Waals surface area contributed by atoms with Gasteiger partial charge in [0.25, 0.3) is 0 Å². The van der Waals surface area contributed by atoms with Crippen LogP contribution in [0.4, 0.5) is 0 Å². The minimum atomic E-state index is -3.52. The molecule has 1 heterocycles. The first-order valence-electron chi connectivity index (χ1n) is 6.48. The van der Waals surface area contributed by atoms with Crippen molar-refractivity contribution in [3.63, 3.8) is 0 Å². The number of hydrogen-bond acceptors (Lipinski definition) is 4. The second kappa shape index (κ2) is 6.89. The minimum absolute atomic E-state index is 0.0276. The summed E-state index contributed by atoms with van der Waals surface area (Å²) >= 11 is 3.29. The summed E-state index contributed by atoms with van der Waals surface area (Å²) in [6.45, 7) is 1.02. The SMILES string of the molecule is COc1ccc(S(=O)(=O)NCC2CCCCO2)cc1Br. The van der Waals surface area contributed by atoms with Gasteiger partial charge < -0.3 is 9.47 Å². The Hall–Kier alpha value is -0.630. The van der Waals surface area contributed by atoms with E-state index in [2.05, 4.69) is 20.7 Å². The van der Waals surface area contributed by atoms with Crippen LogP contribution < -0.4 is 9.46 Å². The number of nitrogens with one attached hydrogen (secondary N) is 1. The fraction of sp³-hybridized carbons (Fsp3) is 0.538. The maximum absolute atomic E-state index is 12.2. The van der Waals surface area contributed by atoms with Gasteiger partial charge in [-0.2, -0.15) is 0 Å². The molecule has 7 heteroatoms. The topological polar surface area (TPSA) is 64.6 Å². The van der Waals surface area contributed by atoms with Crippen LogP contribution in [0.3, 0.4) is 0 Å². The van der Waals surface area contributed by atoms with Crippen molar-refractivity contribution in [1.29, 1.82) is 0 Å². The second-order valence-electron chi connectivity index (χ2n) is 4.64. The Balaban J connectivity index is 2.04. The molecule has 1 unspecified atom stereocenters. The molecule has 5 nitrogen and oxygen atoms in total. The van der Waals surface area contributed by atoms with Gasteiger partial charge in [0.1, 0.15) is 5.75 Å². The molecule has 1 saturated heterocycles. The van der Waals surface area contributed by atoms with Gasteiger partial charge in [0, 0.05) is 13.2 Å². The summed E-state index contributed by atoms with van der Waals surface area (Å²) in [7, 11) is -1.99. The minimum Gasteiger partial charge on any atom is -0.496 e. The van der Waals surface area contributed by atoms with E-state index in [0.717, 1.165) is 19.3 Å². The van der Waals surface area contributed by atoms with E-state index in [1.54, 1.807) is 6.07 Å². The highest BCUT2D eigenvalue weighted by Crippen LogP contribution is 2.27. The lowest BCUT2D eigenvalue weighted by atomic mass is 10.1. The fourth-order valence-electron chi connectivity index (χ4n) is 2.07. The molecule has 1 aromatic carbocycles. The van der Waals surface area contributed by atoms with Crippen molar-refractivity contribution in [1.82, 2.24) is 4.72 Å². The zero-order valence-corrected chi connectivity index (χ0v) is 13.7. The summed E-state index contributed by atoms with van der Waals surface area (Å²) in [6.07, 6.45) is 3.00. The molecule has 0 aromatic heterocycles. The summed E-state index contributed by atoms with van der Waals surface area (Å²) in [5.74, 6) is 0.597. The number of methoxy groups -OCH3 is 1. The molecule has 0 aliphatic carbocycles. The van der Waals surface area contributed by atoms with Crippen LogP contribution in [0.2, 0.25) is 0 Å². The lowest BCUT2D eigenvalue weighted by Crippen LogP contribution is -2.35. The van der Waals surface area contributed by atoms with E-state index in [1.807, 2.05) is 0 Å². The van der Waals surface area contributed by atoms with Crippen molar-refractivity contribution in [2.75, 3.05) is 20.3 Å². The molecule has 0 amide bonds. The molecule has 20 heavy (non-hydrogen) atoms. The van der Waals surface area contributed by atoms with Gasteiger partial charge in [-0.1, -0.05) is 0 Å². The molecular formula is C13H18BrNO4S. The summed E-state index contributed by atoms with van der Waals surface area (Å²) in [5.41, 5.74) is 0. The Morgan fingerprint density at radius 3 is 2.85 bits per heavy atom. The van der Waals surface area contributed by atoms with Gasteiger partial charge in [0.2, 0.25) is 10.0 Å². The first kappa shape index (κ1) is 15.8. The lowest BCUT2D eigenvalue weighted by Gasteiger charge is -2.22. The molecule has 2 rings (SSSR count). The Kier molecular flexibility index (Phi) is 5.42. The molecule has 1 fully saturated rings. The van der Waals surface area contributed by atoms with Gasteiger partial charge in [-0.3, -0.25) is 0 Å². The van der Waals surface area contributed by atoms with Gasteiger partial charge in [-0.15, -0.1) is 0 Å². The van der Waals surface area contributed by atoms with Crippen molar-refractivity contribution >= 4 is 26.0 Å². The van der Waals surface area contributed by atoms with Crippen molar-refractivity contribution in [3.05, 3.63) is 22.7 Å². The van der Waals surface area contributed by atoms with Gasteiger partial charge >= 0.3 is 0 Å². The third-order valence-electron chi connectivity index (χ3n) is 3.21. The Morgan fingerprint density at radius 2 is 2.25 bits per heavy atom. The van der Waals surface area contributed by atoms with Gasteiger partial charge in [0.15, 0.2) is 0 Å². The molecule has 1 aromatic rings. The van der Waals surface area contributed by atoms with E-state index in [4.69, 9.17) is 9.47 Å². The smallest absolute Gasteiger partial charge is 0.240 e. The van der Waals surface area contributed by atoms with E-state index in [-0.39, 0.29) is 11.0 Å². The number of sulfonamides is 1.